The number of benzene rings is 2. The number of ether oxygens (including phenoxy) is 1. The maximum Gasteiger partial charge on any atom is 0.316 e. The van der Waals surface area contributed by atoms with Gasteiger partial charge in [-0.3, -0.25) is 9.59 Å². The molecule has 4 nitrogen and oxygen atoms in total. The topological polar surface area (TPSA) is 55.4 Å². The SMILES string of the molecule is Cc1ccccc1SCC(=O)OCC(=O)NC(C)c1ccccc1. The summed E-state index contributed by atoms with van der Waals surface area (Å²) >= 11 is 1.41. The molecule has 1 unspecified atom stereocenters. The fourth-order valence-corrected chi connectivity index (χ4v) is 2.98. The summed E-state index contributed by atoms with van der Waals surface area (Å²) in [6, 6.07) is 17.3. The molecule has 0 aliphatic rings. The van der Waals surface area contributed by atoms with E-state index >= 15 is 0 Å². The lowest BCUT2D eigenvalue weighted by Gasteiger charge is -2.14. The van der Waals surface area contributed by atoms with Crippen LogP contribution in [0.3, 0.4) is 0 Å². The number of nitrogens with one attached hydrogen (secondary N) is 1. The van der Waals surface area contributed by atoms with E-state index in [2.05, 4.69) is 5.32 Å². The molecule has 0 spiro atoms. The zero-order valence-electron chi connectivity index (χ0n) is 13.8. The molecule has 1 amide bonds. The van der Waals surface area contributed by atoms with Crippen LogP contribution in [0.5, 0.6) is 0 Å². The molecule has 2 aromatic rings. The van der Waals surface area contributed by atoms with Gasteiger partial charge in [-0.05, 0) is 31.0 Å². The predicted octanol–water partition coefficient (Wildman–Crippen LogP) is 3.51. The van der Waals surface area contributed by atoms with E-state index in [1.807, 2.05) is 68.4 Å². The number of esters is 1. The quantitative estimate of drug-likeness (QED) is 0.617. The molecule has 126 valence electrons. The van der Waals surface area contributed by atoms with Crippen molar-refractivity contribution in [2.75, 3.05) is 12.4 Å². The molecule has 0 radical (unpaired) electrons. The fraction of sp³-hybridized carbons (Fsp3) is 0.263. The third kappa shape index (κ3) is 5.74. The summed E-state index contributed by atoms with van der Waals surface area (Å²) in [6.45, 7) is 3.62. The standard InChI is InChI=1S/C19H21NO3S/c1-14-8-6-7-11-17(14)24-13-19(22)23-12-18(21)20-15(2)16-9-4-3-5-10-16/h3-11,15H,12-13H2,1-2H3,(H,20,21). The molecule has 0 aromatic heterocycles. The van der Waals surface area contributed by atoms with Gasteiger partial charge >= 0.3 is 5.97 Å². The van der Waals surface area contributed by atoms with Gasteiger partial charge in [0.15, 0.2) is 6.61 Å². The van der Waals surface area contributed by atoms with Crippen LogP contribution in [0.25, 0.3) is 0 Å². The first kappa shape index (κ1) is 18.1. The molecule has 0 heterocycles. The summed E-state index contributed by atoms with van der Waals surface area (Å²) in [6.07, 6.45) is 0. The molecule has 5 heteroatoms. The Hall–Kier alpha value is -2.27. The summed E-state index contributed by atoms with van der Waals surface area (Å²) in [7, 11) is 0. The number of carbonyl (C=O) groups is 2. The van der Waals surface area contributed by atoms with Crippen molar-refractivity contribution in [2.45, 2.75) is 24.8 Å². The molecule has 0 aliphatic heterocycles. The van der Waals surface area contributed by atoms with Crippen LogP contribution < -0.4 is 5.32 Å². The first-order valence-corrected chi connectivity index (χ1v) is 8.73. The van der Waals surface area contributed by atoms with E-state index in [0.29, 0.717) is 0 Å². The Kier molecular flexibility index (Phi) is 6.88. The molecule has 0 saturated heterocycles. The van der Waals surface area contributed by atoms with Crippen LogP contribution in [0, 0.1) is 6.92 Å². The Labute approximate surface area is 146 Å². The molecular weight excluding hydrogens is 322 g/mol. The van der Waals surface area contributed by atoms with Crippen molar-refractivity contribution in [3.63, 3.8) is 0 Å². The zero-order valence-corrected chi connectivity index (χ0v) is 14.6. The van der Waals surface area contributed by atoms with E-state index in [0.717, 1.165) is 16.0 Å². The maximum atomic E-state index is 11.9. The largest absolute Gasteiger partial charge is 0.455 e. The Morgan fingerprint density at radius 3 is 2.46 bits per heavy atom. The van der Waals surface area contributed by atoms with Crippen LogP contribution in [-0.4, -0.2) is 24.2 Å². The summed E-state index contributed by atoms with van der Waals surface area (Å²) in [5, 5.41) is 2.81. The highest BCUT2D eigenvalue weighted by atomic mass is 32.2. The van der Waals surface area contributed by atoms with Gasteiger partial charge in [0, 0.05) is 4.90 Å². The molecule has 1 N–H and O–H groups in total. The average molecular weight is 343 g/mol. The maximum absolute atomic E-state index is 11.9. The minimum absolute atomic E-state index is 0.126. The number of thioether (sulfide) groups is 1. The number of hydrogen-bond donors (Lipinski definition) is 1. The molecule has 0 bridgehead atoms. The van der Waals surface area contributed by atoms with E-state index in [4.69, 9.17) is 4.74 Å². The van der Waals surface area contributed by atoms with Crippen LogP contribution in [-0.2, 0) is 14.3 Å². The zero-order chi connectivity index (χ0) is 17.4. The second kappa shape index (κ2) is 9.13. The van der Waals surface area contributed by atoms with Gasteiger partial charge in [-0.1, -0.05) is 48.5 Å². The van der Waals surface area contributed by atoms with Crippen LogP contribution in [0.4, 0.5) is 0 Å². The van der Waals surface area contributed by atoms with Gasteiger partial charge in [-0.25, -0.2) is 0 Å². The van der Waals surface area contributed by atoms with E-state index in [9.17, 15) is 9.59 Å². The minimum atomic E-state index is -0.397. The van der Waals surface area contributed by atoms with Crippen molar-refractivity contribution in [3.05, 3.63) is 65.7 Å². The Morgan fingerprint density at radius 1 is 1.08 bits per heavy atom. The van der Waals surface area contributed by atoms with Crippen molar-refractivity contribution in [1.82, 2.24) is 5.32 Å². The Balaban J connectivity index is 1.71. The molecule has 2 aromatic carbocycles. The molecule has 0 aliphatic carbocycles. The summed E-state index contributed by atoms with van der Waals surface area (Å²) in [5.74, 6) is -0.516. The number of amides is 1. The van der Waals surface area contributed by atoms with Crippen LogP contribution in [0.1, 0.15) is 24.1 Å². The van der Waals surface area contributed by atoms with Crippen molar-refractivity contribution >= 4 is 23.6 Å². The van der Waals surface area contributed by atoms with Crippen molar-refractivity contribution < 1.29 is 14.3 Å². The molecule has 24 heavy (non-hydrogen) atoms. The molecule has 1 atom stereocenters. The normalized spacial score (nSPS) is 11.6. The van der Waals surface area contributed by atoms with Crippen molar-refractivity contribution in [1.29, 1.82) is 0 Å². The van der Waals surface area contributed by atoms with Gasteiger partial charge < -0.3 is 10.1 Å². The lowest BCUT2D eigenvalue weighted by atomic mass is 10.1. The van der Waals surface area contributed by atoms with E-state index in [-0.39, 0.29) is 24.3 Å². The number of carbonyl (C=O) groups excluding carboxylic acids is 2. The monoisotopic (exact) mass is 343 g/mol. The first-order chi connectivity index (χ1) is 11.6. The van der Waals surface area contributed by atoms with Gasteiger partial charge in [-0.15, -0.1) is 11.8 Å². The third-order valence-electron chi connectivity index (χ3n) is 3.48. The molecule has 0 saturated carbocycles. The summed E-state index contributed by atoms with van der Waals surface area (Å²) in [5.41, 5.74) is 2.12. The molecule has 2 rings (SSSR count). The van der Waals surface area contributed by atoms with Crippen molar-refractivity contribution in [2.24, 2.45) is 0 Å². The Bertz CT molecular complexity index is 688. The highest BCUT2D eigenvalue weighted by molar-refractivity contribution is 8.00. The Morgan fingerprint density at radius 2 is 1.75 bits per heavy atom. The lowest BCUT2D eigenvalue weighted by Crippen LogP contribution is -2.31. The smallest absolute Gasteiger partial charge is 0.316 e. The van der Waals surface area contributed by atoms with Gasteiger partial charge in [-0.2, -0.15) is 0 Å². The second-order valence-corrected chi connectivity index (χ2v) is 6.43. The predicted molar refractivity (Wildman–Crippen MR) is 95.9 cm³/mol. The summed E-state index contributed by atoms with van der Waals surface area (Å²) in [4.78, 5) is 24.7. The van der Waals surface area contributed by atoms with Gasteiger partial charge in [0.2, 0.25) is 0 Å². The lowest BCUT2D eigenvalue weighted by molar-refractivity contribution is -0.146. The third-order valence-corrected chi connectivity index (χ3v) is 4.63. The van der Waals surface area contributed by atoms with Gasteiger partial charge in [0.1, 0.15) is 0 Å². The van der Waals surface area contributed by atoms with Crippen LogP contribution in [0.15, 0.2) is 59.5 Å². The minimum Gasteiger partial charge on any atom is -0.455 e. The number of rotatable bonds is 7. The van der Waals surface area contributed by atoms with Crippen LogP contribution in [0.2, 0.25) is 0 Å². The van der Waals surface area contributed by atoms with Gasteiger partial charge in [0.05, 0.1) is 11.8 Å². The number of hydrogen-bond acceptors (Lipinski definition) is 4. The molecular formula is C19H21NO3S. The van der Waals surface area contributed by atoms with E-state index < -0.39 is 5.97 Å². The first-order valence-electron chi connectivity index (χ1n) is 7.74. The highest BCUT2D eigenvalue weighted by Gasteiger charge is 2.12. The number of aryl methyl sites for hydroxylation is 1. The second-order valence-electron chi connectivity index (χ2n) is 5.41. The average Bonchev–Trinajstić information content (AvgIpc) is 2.60. The van der Waals surface area contributed by atoms with Crippen LogP contribution >= 0.6 is 11.8 Å². The van der Waals surface area contributed by atoms with Crippen molar-refractivity contribution in [3.8, 4) is 0 Å². The summed E-state index contributed by atoms with van der Waals surface area (Å²) < 4.78 is 5.03. The fourth-order valence-electron chi connectivity index (χ4n) is 2.15. The van der Waals surface area contributed by atoms with Gasteiger partial charge in [0.25, 0.3) is 5.91 Å². The van der Waals surface area contributed by atoms with E-state index in [1.54, 1.807) is 0 Å². The van der Waals surface area contributed by atoms with E-state index in [1.165, 1.54) is 11.8 Å². The highest BCUT2D eigenvalue weighted by Crippen LogP contribution is 2.21. The molecule has 0 fully saturated rings.